The van der Waals surface area contributed by atoms with E-state index in [0.717, 1.165) is 34.7 Å². The van der Waals surface area contributed by atoms with E-state index in [1.54, 1.807) is 0 Å². The zero-order valence-electron chi connectivity index (χ0n) is 20.2. The van der Waals surface area contributed by atoms with E-state index >= 15 is 0 Å². The predicted octanol–water partition coefficient (Wildman–Crippen LogP) is 4.53. The fourth-order valence-corrected chi connectivity index (χ4v) is 3.88. The maximum atomic E-state index is 13.3. The maximum absolute atomic E-state index is 13.3. The van der Waals surface area contributed by atoms with Crippen molar-refractivity contribution in [2.24, 2.45) is 0 Å². The summed E-state index contributed by atoms with van der Waals surface area (Å²) in [5.74, 6) is -0.983. The third-order valence-electron chi connectivity index (χ3n) is 5.77. The SMILES string of the molecule is CCCCC(NC(=O)C(Cc1cccc2ccccc12)NC(=O)OCc1ccccc1)C(=O)OC. The third kappa shape index (κ3) is 7.57. The summed E-state index contributed by atoms with van der Waals surface area (Å²) in [6, 6.07) is 21.2. The van der Waals surface area contributed by atoms with Crippen LogP contribution in [0.3, 0.4) is 0 Å². The van der Waals surface area contributed by atoms with Crippen LogP contribution in [0.5, 0.6) is 0 Å². The minimum absolute atomic E-state index is 0.0799. The minimum Gasteiger partial charge on any atom is -0.467 e. The summed E-state index contributed by atoms with van der Waals surface area (Å²) in [7, 11) is 1.29. The molecule has 0 aliphatic heterocycles. The van der Waals surface area contributed by atoms with Crippen LogP contribution in [0.1, 0.15) is 37.3 Å². The van der Waals surface area contributed by atoms with Gasteiger partial charge in [-0.1, -0.05) is 92.6 Å². The van der Waals surface area contributed by atoms with Crippen molar-refractivity contribution in [3.8, 4) is 0 Å². The number of benzene rings is 3. The molecule has 2 unspecified atom stereocenters. The zero-order chi connectivity index (χ0) is 25.0. The Morgan fingerprint density at radius 1 is 0.857 bits per heavy atom. The Labute approximate surface area is 205 Å². The van der Waals surface area contributed by atoms with Crippen LogP contribution in [0.4, 0.5) is 4.79 Å². The fraction of sp³-hybridized carbons (Fsp3) is 0.321. The third-order valence-corrected chi connectivity index (χ3v) is 5.77. The molecule has 184 valence electrons. The van der Waals surface area contributed by atoms with Gasteiger partial charge in [0.2, 0.25) is 5.91 Å². The molecular weight excluding hydrogens is 444 g/mol. The van der Waals surface area contributed by atoms with E-state index in [-0.39, 0.29) is 13.0 Å². The van der Waals surface area contributed by atoms with Gasteiger partial charge < -0.3 is 20.1 Å². The number of nitrogens with one attached hydrogen (secondary N) is 2. The summed E-state index contributed by atoms with van der Waals surface area (Å²) in [6.07, 6.45) is 1.59. The van der Waals surface area contributed by atoms with Gasteiger partial charge in [0.15, 0.2) is 0 Å². The Morgan fingerprint density at radius 3 is 2.31 bits per heavy atom. The van der Waals surface area contributed by atoms with Gasteiger partial charge in [0.1, 0.15) is 18.7 Å². The molecule has 35 heavy (non-hydrogen) atoms. The summed E-state index contributed by atoms with van der Waals surface area (Å²) < 4.78 is 10.2. The topological polar surface area (TPSA) is 93.7 Å². The first-order chi connectivity index (χ1) is 17.0. The Bertz CT molecular complexity index is 1130. The first kappa shape index (κ1) is 25.7. The molecule has 2 N–H and O–H groups in total. The number of amides is 2. The van der Waals surface area contributed by atoms with E-state index in [1.165, 1.54) is 7.11 Å². The van der Waals surface area contributed by atoms with Gasteiger partial charge >= 0.3 is 12.1 Å². The molecule has 0 aliphatic rings. The highest BCUT2D eigenvalue weighted by atomic mass is 16.5. The molecule has 3 aromatic rings. The normalized spacial score (nSPS) is 12.4. The standard InChI is InChI=1S/C28H32N2O5/c1-3-4-17-24(27(32)34-2)29-26(31)25(30-28(33)35-19-20-11-6-5-7-12-20)18-22-15-10-14-21-13-8-9-16-23(21)22/h5-16,24-25H,3-4,17-19H2,1-2H3,(H,29,31)(H,30,33). The monoisotopic (exact) mass is 476 g/mol. The lowest BCUT2D eigenvalue weighted by Crippen LogP contribution is -2.52. The van der Waals surface area contributed by atoms with Crippen molar-refractivity contribution in [2.45, 2.75) is 51.3 Å². The van der Waals surface area contributed by atoms with Crippen molar-refractivity contribution >= 4 is 28.7 Å². The predicted molar refractivity (Wildman–Crippen MR) is 135 cm³/mol. The smallest absolute Gasteiger partial charge is 0.408 e. The van der Waals surface area contributed by atoms with Gasteiger partial charge in [-0.2, -0.15) is 0 Å². The molecule has 0 aromatic heterocycles. The lowest BCUT2D eigenvalue weighted by Gasteiger charge is -2.22. The quantitative estimate of drug-likeness (QED) is 0.397. The summed E-state index contributed by atoms with van der Waals surface area (Å²) in [4.78, 5) is 38.2. The largest absolute Gasteiger partial charge is 0.467 e. The number of carbonyl (C=O) groups is 3. The maximum Gasteiger partial charge on any atom is 0.408 e. The molecule has 7 nitrogen and oxygen atoms in total. The Balaban J connectivity index is 1.78. The molecule has 0 bridgehead atoms. The number of ether oxygens (including phenoxy) is 2. The average Bonchev–Trinajstić information content (AvgIpc) is 2.89. The lowest BCUT2D eigenvalue weighted by molar-refractivity contribution is -0.145. The molecule has 0 spiro atoms. The number of alkyl carbamates (subject to hydrolysis) is 1. The number of esters is 1. The second-order valence-electron chi connectivity index (χ2n) is 8.33. The van der Waals surface area contributed by atoms with Crippen LogP contribution in [0.15, 0.2) is 72.8 Å². The first-order valence-electron chi connectivity index (χ1n) is 11.8. The Hall–Kier alpha value is -3.87. The van der Waals surface area contributed by atoms with Crippen LogP contribution < -0.4 is 10.6 Å². The minimum atomic E-state index is -0.946. The first-order valence-corrected chi connectivity index (χ1v) is 11.8. The number of fused-ring (bicyclic) bond motifs is 1. The molecule has 2 amide bonds. The van der Waals surface area contributed by atoms with E-state index in [1.807, 2.05) is 79.7 Å². The summed E-state index contributed by atoms with van der Waals surface area (Å²) in [6.45, 7) is 2.08. The van der Waals surface area contributed by atoms with Gasteiger partial charge in [-0.3, -0.25) is 4.79 Å². The molecule has 0 heterocycles. The van der Waals surface area contributed by atoms with Crippen LogP contribution in [-0.2, 0) is 32.1 Å². The van der Waals surface area contributed by atoms with Crippen LogP contribution in [0, 0.1) is 0 Å². The van der Waals surface area contributed by atoms with Gasteiger partial charge in [-0.15, -0.1) is 0 Å². The van der Waals surface area contributed by atoms with E-state index in [2.05, 4.69) is 10.6 Å². The van der Waals surface area contributed by atoms with Crippen LogP contribution in [-0.4, -0.2) is 37.2 Å². The molecule has 0 saturated carbocycles. The second kappa shape index (κ2) is 13.1. The summed E-state index contributed by atoms with van der Waals surface area (Å²) >= 11 is 0. The highest BCUT2D eigenvalue weighted by Gasteiger charge is 2.28. The fourth-order valence-electron chi connectivity index (χ4n) is 3.88. The van der Waals surface area contributed by atoms with Crippen molar-refractivity contribution in [3.05, 3.63) is 83.9 Å². The van der Waals surface area contributed by atoms with Crippen molar-refractivity contribution < 1.29 is 23.9 Å². The number of rotatable bonds is 11. The van der Waals surface area contributed by atoms with Crippen molar-refractivity contribution in [3.63, 3.8) is 0 Å². The second-order valence-corrected chi connectivity index (χ2v) is 8.33. The van der Waals surface area contributed by atoms with Gasteiger partial charge in [0.05, 0.1) is 7.11 Å². The molecule has 0 fully saturated rings. The zero-order valence-corrected chi connectivity index (χ0v) is 20.2. The number of unbranched alkanes of at least 4 members (excludes halogenated alkanes) is 1. The molecule has 0 saturated heterocycles. The van der Waals surface area contributed by atoms with Crippen LogP contribution in [0.2, 0.25) is 0 Å². The van der Waals surface area contributed by atoms with Crippen LogP contribution >= 0.6 is 0 Å². The number of hydrogen-bond donors (Lipinski definition) is 2. The van der Waals surface area contributed by atoms with Crippen molar-refractivity contribution in [2.75, 3.05) is 7.11 Å². The van der Waals surface area contributed by atoms with Gasteiger partial charge in [-0.25, -0.2) is 9.59 Å². The molecule has 0 radical (unpaired) electrons. The Morgan fingerprint density at radius 2 is 1.57 bits per heavy atom. The van der Waals surface area contributed by atoms with E-state index in [9.17, 15) is 14.4 Å². The van der Waals surface area contributed by atoms with Gasteiger partial charge in [-0.05, 0) is 28.3 Å². The number of carbonyl (C=O) groups excluding carboxylic acids is 3. The summed E-state index contributed by atoms with van der Waals surface area (Å²) in [5.41, 5.74) is 1.73. The Kier molecular flexibility index (Phi) is 9.66. The van der Waals surface area contributed by atoms with E-state index in [4.69, 9.17) is 9.47 Å². The molecule has 3 rings (SSSR count). The van der Waals surface area contributed by atoms with E-state index in [0.29, 0.717) is 6.42 Å². The molecule has 0 aliphatic carbocycles. The van der Waals surface area contributed by atoms with Crippen LogP contribution in [0.25, 0.3) is 10.8 Å². The molecular formula is C28H32N2O5. The number of hydrogen-bond acceptors (Lipinski definition) is 5. The highest BCUT2D eigenvalue weighted by molar-refractivity contribution is 5.91. The van der Waals surface area contributed by atoms with Gasteiger partial charge in [0, 0.05) is 6.42 Å². The molecule has 2 atom stereocenters. The number of methoxy groups -OCH3 is 1. The van der Waals surface area contributed by atoms with E-state index < -0.39 is 30.1 Å². The van der Waals surface area contributed by atoms with Crippen molar-refractivity contribution in [1.82, 2.24) is 10.6 Å². The van der Waals surface area contributed by atoms with Gasteiger partial charge in [0.25, 0.3) is 0 Å². The summed E-state index contributed by atoms with van der Waals surface area (Å²) in [5, 5.41) is 7.48. The lowest BCUT2D eigenvalue weighted by atomic mass is 9.98. The molecule has 7 heteroatoms. The van der Waals surface area contributed by atoms with Crippen molar-refractivity contribution in [1.29, 1.82) is 0 Å². The highest BCUT2D eigenvalue weighted by Crippen LogP contribution is 2.20. The average molecular weight is 477 g/mol. The molecule has 3 aromatic carbocycles.